The molecule has 0 unspecified atom stereocenters. The van der Waals surface area contributed by atoms with Crippen molar-refractivity contribution in [3.63, 3.8) is 0 Å². The summed E-state index contributed by atoms with van der Waals surface area (Å²) in [5.41, 5.74) is 5.57. The van der Waals surface area contributed by atoms with Crippen LogP contribution < -0.4 is 5.32 Å². The molecular formula is C25H22N2O4. The fraction of sp³-hybridized carbons (Fsp3) is 0.160. The summed E-state index contributed by atoms with van der Waals surface area (Å²) in [6.45, 7) is 0.697. The number of ether oxygens (including phenoxy) is 1. The zero-order chi connectivity index (χ0) is 21.6. The van der Waals surface area contributed by atoms with E-state index in [1.54, 1.807) is 18.3 Å². The number of alkyl carbamates (subject to hydrolysis) is 1. The Kier molecular flexibility index (Phi) is 6.08. The molecule has 6 heteroatoms. The van der Waals surface area contributed by atoms with Crippen molar-refractivity contribution >= 4 is 18.1 Å². The number of aromatic nitrogens is 1. The quantitative estimate of drug-likeness (QED) is 0.546. The van der Waals surface area contributed by atoms with Crippen LogP contribution in [0.2, 0.25) is 0 Å². The summed E-state index contributed by atoms with van der Waals surface area (Å²) in [4.78, 5) is 27.0. The topological polar surface area (TPSA) is 88.5 Å². The van der Waals surface area contributed by atoms with E-state index in [4.69, 9.17) is 9.84 Å². The van der Waals surface area contributed by atoms with E-state index in [0.717, 1.165) is 0 Å². The van der Waals surface area contributed by atoms with Crippen LogP contribution in [0.4, 0.5) is 4.79 Å². The van der Waals surface area contributed by atoms with Gasteiger partial charge in [0.25, 0.3) is 0 Å². The average molecular weight is 414 g/mol. The summed E-state index contributed by atoms with van der Waals surface area (Å²) in [7, 11) is 0. The van der Waals surface area contributed by atoms with Crippen LogP contribution in [0.3, 0.4) is 0 Å². The fourth-order valence-corrected chi connectivity index (χ4v) is 3.79. The average Bonchev–Trinajstić information content (AvgIpc) is 3.11. The van der Waals surface area contributed by atoms with Crippen LogP contribution >= 0.6 is 0 Å². The maximum absolute atomic E-state index is 12.1. The minimum Gasteiger partial charge on any atom is -0.478 e. The van der Waals surface area contributed by atoms with Crippen molar-refractivity contribution in [2.24, 2.45) is 0 Å². The highest BCUT2D eigenvalue weighted by Crippen LogP contribution is 2.44. The van der Waals surface area contributed by atoms with Gasteiger partial charge >= 0.3 is 12.1 Å². The van der Waals surface area contributed by atoms with Gasteiger partial charge in [-0.1, -0.05) is 60.7 Å². The molecule has 1 aromatic heterocycles. The Morgan fingerprint density at radius 1 is 1.03 bits per heavy atom. The Hall–Kier alpha value is -3.93. The highest BCUT2D eigenvalue weighted by Gasteiger charge is 2.28. The SMILES string of the molecule is O=C(NCCC=Cc1cncc(C(=O)O)c1)OCC1c2ccccc2-c2ccccc21. The largest absolute Gasteiger partial charge is 0.478 e. The predicted octanol–water partition coefficient (Wildman–Crippen LogP) is 4.72. The molecular weight excluding hydrogens is 392 g/mol. The monoisotopic (exact) mass is 414 g/mol. The third kappa shape index (κ3) is 4.64. The van der Waals surface area contributed by atoms with Crippen LogP contribution in [0, 0.1) is 0 Å². The van der Waals surface area contributed by atoms with E-state index in [0.29, 0.717) is 18.5 Å². The molecule has 31 heavy (non-hydrogen) atoms. The van der Waals surface area contributed by atoms with Gasteiger partial charge < -0.3 is 15.2 Å². The van der Waals surface area contributed by atoms with Crippen molar-refractivity contribution in [3.05, 3.63) is 95.3 Å². The first-order chi connectivity index (χ1) is 15.1. The minimum absolute atomic E-state index is 0.0343. The summed E-state index contributed by atoms with van der Waals surface area (Å²) >= 11 is 0. The summed E-state index contributed by atoms with van der Waals surface area (Å²) in [5, 5.41) is 11.7. The summed E-state index contributed by atoms with van der Waals surface area (Å²) < 4.78 is 5.50. The number of fused-ring (bicyclic) bond motifs is 3. The second-order valence-corrected chi connectivity index (χ2v) is 7.26. The molecule has 1 amide bonds. The number of benzene rings is 2. The van der Waals surface area contributed by atoms with Gasteiger partial charge in [-0.05, 0) is 40.3 Å². The molecule has 4 rings (SSSR count). The lowest BCUT2D eigenvalue weighted by molar-refractivity contribution is 0.0696. The number of hydrogen-bond donors (Lipinski definition) is 2. The first-order valence-electron chi connectivity index (χ1n) is 10.1. The molecule has 156 valence electrons. The maximum atomic E-state index is 12.1. The summed E-state index contributed by atoms with van der Waals surface area (Å²) in [6.07, 6.45) is 6.65. The van der Waals surface area contributed by atoms with E-state index in [-0.39, 0.29) is 18.1 Å². The summed E-state index contributed by atoms with van der Waals surface area (Å²) in [6, 6.07) is 18.0. The van der Waals surface area contributed by atoms with Gasteiger partial charge in [-0.15, -0.1) is 0 Å². The third-order valence-electron chi connectivity index (χ3n) is 5.24. The number of hydrogen-bond acceptors (Lipinski definition) is 4. The van der Waals surface area contributed by atoms with Crippen LogP contribution in [0.5, 0.6) is 0 Å². The van der Waals surface area contributed by atoms with Crippen LogP contribution in [0.15, 0.2) is 73.1 Å². The number of carbonyl (C=O) groups is 2. The molecule has 1 heterocycles. The van der Waals surface area contributed by atoms with Crippen molar-refractivity contribution in [2.45, 2.75) is 12.3 Å². The van der Waals surface area contributed by atoms with E-state index in [1.807, 2.05) is 30.3 Å². The standard InChI is InChI=1S/C25H22N2O4/c28-24(29)18-13-17(14-26-15-18)7-5-6-12-27-25(30)31-16-23-21-10-3-1-8-19(21)20-9-2-4-11-22(20)23/h1-5,7-11,13-15,23H,6,12,16H2,(H,27,30)(H,28,29). The van der Waals surface area contributed by atoms with Crippen LogP contribution in [-0.4, -0.2) is 35.3 Å². The Balaban J connectivity index is 1.27. The number of carbonyl (C=O) groups excluding carboxylic acids is 1. The van der Waals surface area contributed by atoms with Crippen molar-refractivity contribution in [1.29, 1.82) is 0 Å². The molecule has 0 atom stereocenters. The second-order valence-electron chi connectivity index (χ2n) is 7.26. The highest BCUT2D eigenvalue weighted by atomic mass is 16.5. The molecule has 0 spiro atoms. The predicted molar refractivity (Wildman–Crippen MR) is 118 cm³/mol. The smallest absolute Gasteiger partial charge is 0.407 e. The Bertz CT molecular complexity index is 1090. The van der Waals surface area contributed by atoms with Crippen molar-refractivity contribution in [1.82, 2.24) is 10.3 Å². The number of nitrogens with zero attached hydrogens (tertiary/aromatic N) is 1. The number of carboxylic acid groups (broad SMARTS) is 1. The van der Waals surface area contributed by atoms with E-state index >= 15 is 0 Å². The van der Waals surface area contributed by atoms with Gasteiger partial charge in [0.15, 0.2) is 0 Å². The zero-order valence-corrected chi connectivity index (χ0v) is 16.8. The Morgan fingerprint density at radius 3 is 2.39 bits per heavy atom. The van der Waals surface area contributed by atoms with E-state index < -0.39 is 12.1 Å². The number of carboxylic acids is 1. The first kappa shape index (κ1) is 20.3. The second kappa shape index (κ2) is 9.26. The molecule has 0 radical (unpaired) electrons. The van der Waals surface area contributed by atoms with Gasteiger partial charge in [0.2, 0.25) is 0 Å². The lowest BCUT2D eigenvalue weighted by atomic mass is 9.98. The molecule has 0 saturated carbocycles. The zero-order valence-electron chi connectivity index (χ0n) is 16.8. The molecule has 6 nitrogen and oxygen atoms in total. The van der Waals surface area contributed by atoms with Gasteiger partial charge in [-0.2, -0.15) is 0 Å². The molecule has 0 saturated heterocycles. The normalized spacial score (nSPS) is 12.4. The van der Waals surface area contributed by atoms with Crippen molar-refractivity contribution in [3.8, 4) is 11.1 Å². The number of pyridine rings is 1. The molecule has 2 aromatic carbocycles. The van der Waals surface area contributed by atoms with E-state index in [9.17, 15) is 9.59 Å². The lowest BCUT2D eigenvalue weighted by Gasteiger charge is -2.14. The van der Waals surface area contributed by atoms with Crippen molar-refractivity contribution in [2.75, 3.05) is 13.2 Å². The molecule has 1 aliphatic carbocycles. The Labute approximate surface area is 180 Å². The van der Waals surface area contributed by atoms with Crippen LogP contribution in [0.25, 0.3) is 17.2 Å². The molecule has 2 N–H and O–H groups in total. The molecule has 0 fully saturated rings. The number of nitrogens with one attached hydrogen (secondary N) is 1. The number of rotatable bonds is 7. The summed E-state index contributed by atoms with van der Waals surface area (Å²) in [5.74, 6) is -0.980. The maximum Gasteiger partial charge on any atom is 0.407 e. The lowest BCUT2D eigenvalue weighted by Crippen LogP contribution is -2.26. The molecule has 0 aliphatic heterocycles. The fourth-order valence-electron chi connectivity index (χ4n) is 3.79. The van der Waals surface area contributed by atoms with Gasteiger partial charge in [0, 0.05) is 24.9 Å². The molecule has 1 aliphatic rings. The number of aromatic carboxylic acids is 1. The van der Waals surface area contributed by atoms with E-state index in [2.05, 4.69) is 34.6 Å². The Morgan fingerprint density at radius 2 is 1.71 bits per heavy atom. The van der Waals surface area contributed by atoms with Crippen LogP contribution in [-0.2, 0) is 4.74 Å². The van der Waals surface area contributed by atoms with E-state index in [1.165, 1.54) is 28.5 Å². The molecule has 0 bridgehead atoms. The number of amides is 1. The first-order valence-corrected chi connectivity index (χ1v) is 10.1. The third-order valence-corrected chi connectivity index (χ3v) is 5.24. The minimum atomic E-state index is -1.01. The van der Waals surface area contributed by atoms with Crippen LogP contribution in [0.1, 0.15) is 39.4 Å². The van der Waals surface area contributed by atoms with Gasteiger partial charge in [-0.25, -0.2) is 9.59 Å². The van der Waals surface area contributed by atoms with Gasteiger partial charge in [0.05, 0.1) is 5.56 Å². The highest BCUT2D eigenvalue weighted by molar-refractivity contribution is 5.87. The van der Waals surface area contributed by atoms with Gasteiger partial charge in [0.1, 0.15) is 6.61 Å². The van der Waals surface area contributed by atoms with Crippen molar-refractivity contribution < 1.29 is 19.4 Å². The molecule has 3 aromatic rings. The van der Waals surface area contributed by atoms with Gasteiger partial charge in [-0.3, -0.25) is 4.98 Å².